The van der Waals surface area contributed by atoms with Gasteiger partial charge in [0.25, 0.3) is 5.91 Å². The fourth-order valence-corrected chi connectivity index (χ4v) is 2.93. The van der Waals surface area contributed by atoms with Crippen LogP contribution in [0.25, 0.3) is 0 Å². The minimum absolute atomic E-state index is 0.0732. The van der Waals surface area contributed by atoms with Crippen LogP contribution in [0, 0.1) is 0 Å². The molecule has 1 fully saturated rings. The lowest BCUT2D eigenvalue weighted by atomic mass is 10.1. The van der Waals surface area contributed by atoms with Crippen molar-refractivity contribution < 1.29 is 23.0 Å². The van der Waals surface area contributed by atoms with E-state index >= 15 is 0 Å². The molecule has 0 spiro atoms. The molecule has 2 aromatic rings. The maximum Gasteiger partial charge on any atom is 0.387 e. The summed E-state index contributed by atoms with van der Waals surface area (Å²) in [5, 5.41) is 1.70. The standard InChI is InChI=1S/C15H14F2N2O3S/c16-15(17)22-11-3-1-2-10(6-11)13-7-19(4-5-21-13)14(20)12-8-23-9-18-12/h1-3,6,8-9,13,15H,4-5,7H2. The first kappa shape index (κ1) is 15.8. The number of halogens is 2. The van der Waals surface area contributed by atoms with Gasteiger partial charge in [-0.15, -0.1) is 11.3 Å². The molecule has 3 rings (SSSR count). The Kier molecular flexibility index (Phi) is 4.82. The van der Waals surface area contributed by atoms with Gasteiger partial charge in [-0.3, -0.25) is 4.79 Å². The topological polar surface area (TPSA) is 51.7 Å². The first-order valence-corrected chi connectivity index (χ1v) is 7.91. The van der Waals surface area contributed by atoms with Crippen LogP contribution >= 0.6 is 11.3 Å². The molecule has 0 bridgehead atoms. The molecule has 1 amide bonds. The fraction of sp³-hybridized carbons (Fsp3) is 0.333. The first-order valence-electron chi connectivity index (χ1n) is 6.97. The second-order valence-corrected chi connectivity index (χ2v) is 5.65. The lowest BCUT2D eigenvalue weighted by Crippen LogP contribution is -2.42. The molecule has 1 aromatic carbocycles. The van der Waals surface area contributed by atoms with Gasteiger partial charge in [-0.1, -0.05) is 12.1 Å². The summed E-state index contributed by atoms with van der Waals surface area (Å²) in [6.45, 7) is -1.69. The van der Waals surface area contributed by atoms with Crippen LogP contribution < -0.4 is 4.74 Å². The van der Waals surface area contributed by atoms with Crippen molar-refractivity contribution >= 4 is 17.2 Å². The molecule has 0 radical (unpaired) electrons. The van der Waals surface area contributed by atoms with Crippen molar-refractivity contribution in [3.05, 3.63) is 46.4 Å². The van der Waals surface area contributed by atoms with Gasteiger partial charge in [-0.25, -0.2) is 4.98 Å². The van der Waals surface area contributed by atoms with E-state index in [1.54, 1.807) is 27.9 Å². The summed E-state index contributed by atoms with van der Waals surface area (Å²) in [7, 11) is 0. The highest BCUT2D eigenvalue weighted by molar-refractivity contribution is 7.07. The number of ether oxygens (including phenoxy) is 2. The summed E-state index contributed by atoms with van der Waals surface area (Å²) in [5.41, 5.74) is 2.71. The highest BCUT2D eigenvalue weighted by Crippen LogP contribution is 2.26. The summed E-state index contributed by atoms with van der Waals surface area (Å²) >= 11 is 1.36. The monoisotopic (exact) mass is 340 g/mol. The molecule has 1 aromatic heterocycles. The van der Waals surface area contributed by atoms with E-state index in [9.17, 15) is 13.6 Å². The molecule has 1 atom stereocenters. The number of hydrogen-bond donors (Lipinski definition) is 0. The van der Waals surface area contributed by atoms with Crippen LogP contribution in [0.3, 0.4) is 0 Å². The normalized spacial score (nSPS) is 18.2. The van der Waals surface area contributed by atoms with Crippen molar-refractivity contribution in [1.82, 2.24) is 9.88 Å². The molecule has 0 N–H and O–H groups in total. The lowest BCUT2D eigenvalue weighted by Gasteiger charge is -2.33. The van der Waals surface area contributed by atoms with E-state index in [1.165, 1.54) is 23.5 Å². The van der Waals surface area contributed by atoms with Crippen molar-refractivity contribution in [2.75, 3.05) is 19.7 Å². The Bertz CT molecular complexity index is 667. The van der Waals surface area contributed by atoms with Crippen LogP contribution in [0.4, 0.5) is 8.78 Å². The number of carbonyl (C=O) groups excluding carboxylic acids is 1. The Balaban J connectivity index is 1.72. The van der Waals surface area contributed by atoms with E-state index in [2.05, 4.69) is 9.72 Å². The van der Waals surface area contributed by atoms with Gasteiger partial charge >= 0.3 is 6.61 Å². The average molecular weight is 340 g/mol. The molecule has 5 nitrogen and oxygen atoms in total. The van der Waals surface area contributed by atoms with Crippen molar-refractivity contribution in [2.24, 2.45) is 0 Å². The Labute approximate surface area is 135 Å². The number of thiazole rings is 1. The summed E-state index contributed by atoms with van der Waals surface area (Å²) < 4.78 is 34.7. The van der Waals surface area contributed by atoms with E-state index in [1.807, 2.05) is 0 Å². The zero-order valence-electron chi connectivity index (χ0n) is 12.0. The quantitative estimate of drug-likeness (QED) is 0.859. The first-order chi connectivity index (χ1) is 11.1. The highest BCUT2D eigenvalue weighted by atomic mass is 32.1. The van der Waals surface area contributed by atoms with Crippen LogP contribution in [0.1, 0.15) is 22.2 Å². The van der Waals surface area contributed by atoms with Gasteiger partial charge < -0.3 is 14.4 Å². The van der Waals surface area contributed by atoms with E-state index in [0.29, 0.717) is 31.0 Å². The molecular formula is C15H14F2N2O3S. The summed E-state index contributed by atoms with van der Waals surface area (Å²) in [5.74, 6) is -0.0800. The second kappa shape index (κ2) is 7.01. The highest BCUT2D eigenvalue weighted by Gasteiger charge is 2.27. The largest absolute Gasteiger partial charge is 0.435 e. The predicted octanol–water partition coefficient (Wildman–Crippen LogP) is 2.96. The molecule has 1 aliphatic heterocycles. The summed E-state index contributed by atoms with van der Waals surface area (Å²) in [6, 6.07) is 6.35. The third kappa shape index (κ3) is 3.83. The Morgan fingerprint density at radius 1 is 1.48 bits per heavy atom. The number of rotatable bonds is 4. The van der Waals surface area contributed by atoms with Crippen LogP contribution in [0.5, 0.6) is 5.75 Å². The SMILES string of the molecule is O=C(c1cscn1)N1CCOC(c2cccc(OC(F)F)c2)C1. The average Bonchev–Trinajstić information content (AvgIpc) is 3.08. The maximum atomic E-state index is 12.3. The van der Waals surface area contributed by atoms with Gasteiger partial charge in [0.05, 0.1) is 18.7 Å². The van der Waals surface area contributed by atoms with Crippen LogP contribution in [0.15, 0.2) is 35.2 Å². The maximum absolute atomic E-state index is 12.3. The second-order valence-electron chi connectivity index (χ2n) is 4.94. The van der Waals surface area contributed by atoms with Gasteiger partial charge in [0.15, 0.2) is 0 Å². The molecule has 8 heteroatoms. The Morgan fingerprint density at radius 3 is 3.09 bits per heavy atom. The number of benzene rings is 1. The molecule has 122 valence electrons. The molecule has 1 aliphatic rings. The molecule has 2 heterocycles. The Morgan fingerprint density at radius 2 is 2.35 bits per heavy atom. The van der Waals surface area contributed by atoms with E-state index in [0.717, 1.165) is 0 Å². The van der Waals surface area contributed by atoms with Crippen LogP contribution in [-0.2, 0) is 4.74 Å². The van der Waals surface area contributed by atoms with Gasteiger partial charge in [-0.2, -0.15) is 8.78 Å². The predicted molar refractivity (Wildman–Crippen MR) is 79.8 cm³/mol. The number of alkyl halides is 2. The minimum atomic E-state index is -2.87. The molecule has 1 saturated heterocycles. The molecular weight excluding hydrogens is 326 g/mol. The van der Waals surface area contributed by atoms with Crippen molar-refractivity contribution in [3.8, 4) is 5.75 Å². The number of hydrogen-bond acceptors (Lipinski definition) is 5. The van der Waals surface area contributed by atoms with Crippen LogP contribution in [0.2, 0.25) is 0 Å². The summed E-state index contributed by atoms with van der Waals surface area (Å²) in [4.78, 5) is 18.0. The molecule has 0 saturated carbocycles. The van der Waals surface area contributed by atoms with Gasteiger partial charge in [0.1, 0.15) is 17.5 Å². The zero-order chi connectivity index (χ0) is 16.2. The van der Waals surface area contributed by atoms with Gasteiger partial charge in [0.2, 0.25) is 0 Å². The minimum Gasteiger partial charge on any atom is -0.435 e. The fourth-order valence-electron chi connectivity index (χ4n) is 2.41. The molecule has 23 heavy (non-hydrogen) atoms. The van der Waals surface area contributed by atoms with E-state index in [4.69, 9.17) is 4.74 Å². The molecule has 1 unspecified atom stereocenters. The van der Waals surface area contributed by atoms with Crippen molar-refractivity contribution in [2.45, 2.75) is 12.7 Å². The van der Waals surface area contributed by atoms with Crippen LogP contribution in [-0.4, -0.2) is 42.1 Å². The van der Waals surface area contributed by atoms with Gasteiger partial charge in [0, 0.05) is 11.9 Å². The summed E-state index contributed by atoms with van der Waals surface area (Å²) in [6.07, 6.45) is -0.382. The number of nitrogens with zero attached hydrogens (tertiary/aromatic N) is 2. The number of aromatic nitrogens is 1. The van der Waals surface area contributed by atoms with Crippen molar-refractivity contribution in [3.63, 3.8) is 0 Å². The third-order valence-electron chi connectivity index (χ3n) is 3.46. The van der Waals surface area contributed by atoms with Gasteiger partial charge in [-0.05, 0) is 17.7 Å². The third-order valence-corrected chi connectivity index (χ3v) is 4.05. The number of amides is 1. The Hall–Kier alpha value is -2.06. The van der Waals surface area contributed by atoms with Crippen molar-refractivity contribution in [1.29, 1.82) is 0 Å². The van der Waals surface area contributed by atoms with E-state index < -0.39 is 6.61 Å². The smallest absolute Gasteiger partial charge is 0.387 e. The molecule has 0 aliphatic carbocycles. The lowest BCUT2D eigenvalue weighted by molar-refractivity contribution is -0.0504. The van der Waals surface area contributed by atoms with E-state index in [-0.39, 0.29) is 17.8 Å². The zero-order valence-corrected chi connectivity index (χ0v) is 12.8. The number of morpholine rings is 1. The number of carbonyl (C=O) groups is 1.